The van der Waals surface area contributed by atoms with Crippen LogP contribution in [0.5, 0.6) is 11.9 Å². The molecule has 0 saturated heterocycles. The summed E-state index contributed by atoms with van der Waals surface area (Å²) in [6.07, 6.45) is 4.90. The molecule has 1 amide bonds. The summed E-state index contributed by atoms with van der Waals surface area (Å²) in [6.45, 7) is 4.04. The Morgan fingerprint density at radius 3 is 2.43 bits per heavy atom. The molecule has 1 unspecified atom stereocenters. The Kier molecular flexibility index (Phi) is 6.51. The topological polar surface area (TPSA) is 99.4 Å². The van der Waals surface area contributed by atoms with Gasteiger partial charge in [-0.3, -0.25) is 14.5 Å². The Balaban J connectivity index is 1.75. The summed E-state index contributed by atoms with van der Waals surface area (Å²) in [5, 5.41) is 5.41. The first-order valence-electron chi connectivity index (χ1n) is 11.5. The molecule has 11 heteroatoms. The zero-order valence-corrected chi connectivity index (χ0v) is 22.0. The third kappa shape index (κ3) is 4.18. The number of ketones is 1. The first-order chi connectivity index (χ1) is 17.7. The largest absolute Gasteiger partial charge is 0.479 e. The van der Waals surface area contributed by atoms with Gasteiger partial charge in [-0.15, -0.1) is 0 Å². The molecule has 0 radical (unpaired) electrons. The zero-order chi connectivity index (χ0) is 26.4. The number of hydrogen-bond acceptors (Lipinski definition) is 7. The van der Waals surface area contributed by atoms with Gasteiger partial charge in [-0.25, -0.2) is 9.67 Å². The Morgan fingerprint density at radius 1 is 1.08 bits per heavy atom. The Bertz CT molecular complexity index is 1480. The molecule has 37 heavy (non-hydrogen) atoms. The second-order valence-electron chi connectivity index (χ2n) is 8.84. The van der Waals surface area contributed by atoms with E-state index in [0.717, 1.165) is 16.8 Å². The summed E-state index contributed by atoms with van der Waals surface area (Å²) in [5.41, 5.74) is 3.66. The summed E-state index contributed by atoms with van der Waals surface area (Å²) in [6, 6.07) is 6.92. The number of methoxy groups -OCH3 is 2. The average Bonchev–Trinajstić information content (AvgIpc) is 3.41. The van der Waals surface area contributed by atoms with Crippen molar-refractivity contribution in [2.24, 2.45) is 0 Å². The molecule has 0 saturated carbocycles. The molecule has 5 rings (SSSR count). The molecule has 1 aliphatic carbocycles. The number of amides is 1. The van der Waals surface area contributed by atoms with Crippen LogP contribution in [0.1, 0.15) is 59.5 Å². The fourth-order valence-electron chi connectivity index (χ4n) is 4.67. The highest BCUT2D eigenvalue weighted by Crippen LogP contribution is 2.46. The van der Waals surface area contributed by atoms with E-state index in [0.29, 0.717) is 16.4 Å². The van der Waals surface area contributed by atoms with E-state index in [2.05, 4.69) is 9.97 Å². The highest BCUT2D eigenvalue weighted by atomic mass is 35.5. The highest BCUT2D eigenvalue weighted by molar-refractivity contribution is 6.43. The highest BCUT2D eigenvalue weighted by Gasteiger charge is 2.46. The van der Waals surface area contributed by atoms with Crippen LogP contribution in [0, 0.1) is 0 Å². The molecule has 9 nitrogen and oxygen atoms in total. The van der Waals surface area contributed by atoms with E-state index in [9.17, 15) is 9.59 Å². The van der Waals surface area contributed by atoms with Crippen molar-refractivity contribution in [3.05, 3.63) is 80.9 Å². The van der Waals surface area contributed by atoms with Crippen molar-refractivity contribution in [3.8, 4) is 17.6 Å². The minimum Gasteiger partial charge on any atom is -0.479 e. The van der Waals surface area contributed by atoms with E-state index in [4.69, 9.17) is 37.8 Å². The van der Waals surface area contributed by atoms with Crippen LogP contribution in [0.15, 0.2) is 53.3 Å². The lowest BCUT2D eigenvalue weighted by molar-refractivity contribution is -0.114. The summed E-state index contributed by atoms with van der Waals surface area (Å²) in [7, 11) is 2.96. The maximum Gasteiger partial charge on any atom is 0.319 e. The average molecular weight is 540 g/mol. The van der Waals surface area contributed by atoms with Gasteiger partial charge in [0, 0.05) is 22.7 Å². The zero-order valence-electron chi connectivity index (χ0n) is 20.5. The van der Waals surface area contributed by atoms with E-state index in [1.54, 1.807) is 34.0 Å². The lowest BCUT2D eigenvalue weighted by atomic mass is 9.94. The molecule has 1 atom stereocenters. The van der Waals surface area contributed by atoms with E-state index >= 15 is 0 Å². The Hall–Kier alpha value is -3.69. The summed E-state index contributed by atoms with van der Waals surface area (Å²) in [4.78, 5) is 36.1. The van der Waals surface area contributed by atoms with Crippen LogP contribution in [-0.2, 0) is 4.79 Å². The normalized spacial score (nSPS) is 17.2. The Morgan fingerprint density at radius 2 is 1.81 bits per heavy atom. The maximum atomic E-state index is 14.0. The van der Waals surface area contributed by atoms with Crippen molar-refractivity contribution in [2.45, 2.75) is 32.2 Å². The molecule has 0 N–H and O–H groups in total. The summed E-state index contributed by atoms with van der Waals surface area (Å²) < 4.78 is 12.3. The third-order valence-corrected chi connectivity index (χ3v) is 6.85. The van der Waals surface area contributed by atoms with Crippen molar-refractivity contribution >= 4 is 34.9 Å². The molecule has 0 spiro atoms. The number of carbonyl (C=O) groups excluding carboxylic acids is 2. The number of halogens is 2. The van der Waals surface area contributed by atoms with Crippen molar-refractivity contribution in [1.82, 2.24) is 24.6 Å². The standard InChI is InChI=1S/C26H23Cl2N5O4/c1-13(2)22-20-21(31-33(22)18-12-29-26(37-4)30-24(18)36-3)25(35)32(16-9-10-19(34)17(28)11-16)23(20)14-5-7-15(27)8-6-14/h5-9,11-13,23H,10H2,1-4H3. The quantitative estimate of drug-likeness (QED) is 0.435. The number of hydrogen-bond donors (Lipinski definition) is 0. The van der Waals surface area contributed by atoms with Gasteiger partial charge in [0.25, 0.3) is 5.91 Å². The summed E-state index contributed by atoms with van der Waals surface area (Å²) in [5.74, 6) is -0.306. The minimum atomic E-state index is -0.531. The van der Waals surface area contributed by atoms with Crippen molar-refractivity contribution in [1.29, 1.82) is 0 Å². The van der Waals surface area contributed by atoms with E-state index < -0.39 is 6.04 Å². The molecule has 2 aromatic heterocycles. The number of fused-ring (bicyclic) bond motifs is 1. The first-order valence-corrected chi connectivity index (χ1v) is 12.3. The number of Topliss-reactive ketones (excluding diaryl/α,β-unsaturated/α-hetero) is 1. The Labute approximate surface area is 223 Å². The van der Waals surface area contributed by atoms with Crippen LogP contribution in [0.25, 0.3) is 5.69 Å². The van der Waals surface area contributed by atoms with Gasteiger partial charge in [-0.2, -0.15) is 10.1 Å². The van der Waals surface area contributed by atoms with E-state index in [1.807, 2.05) is 26.0 Å². The smallest absolute Gasteiger partial charge is 0.319 e. The van der Waals surface area contributed by atoms with Gasteiger partial charge in [0.1, 0.15) is 5.69 Å². The maximum absolute atomic E-state index is 14.0. The van der Waals surface area contributed by atoms with Gasteiger partial charge in [-0.05, 0) is 29.7 Å². The van der Waals surface area contributed by atoms with Gasteiger partial charge < -0.3 is 9.47 Å². The third-order valence-electron chi connectivity index (χ3n) is 6.28. The van der Waals surface area contributed by atoms with Crippen LogP contribution in [0.3, 0.4) is 0 Å². The van der Waals surface area contributed by atoms with Gasteiger partial charge >= 0.3 is 6.01 Å². The van der Waals surface area contributed by atoms with Crippen molar-refractivity contribution < 1.29 is 19.1 Å². The molecule has 0 bridgehead atoms. The molecule has 190 valence electrons. The molecule has 3 aromatic rings. The molecule has 1 aromatic carbocycles. The fraction of sp³-hybridized carbons (Fsp3) is 0.269. The number of carbonyl (C=O) groups is 2. The molecular formula is C26H23Cl2N5O4. The van der Waals surface area contributed by atoms with E-state index in [1.165, 1.54) is 20.3 Å². The van der Waals surface area contributed by atoms with E-state index in [-0.39, 0.29) is 46.6 Å². The van der Waals surface area contributed by atoms with Gasteiger partial charge in [0.2, 0.25) is 5.88 Å². The SMILES string of the molecule is COc1ncc(-n2nc3c(c2C(C)C)C(c2ccc(Cl)cc2)N(C2=CCC(=O)C(Cl)=C2)C3=O)c(OC)n1. The second-order valence-corrected chi connectivity index (χ2v) is 9.69. The predicted octanol–water partition coefficient (Wildman–Crippen LogP) is 4.98. The molecular weight excluding hydrogens is 517 g/mol. The monoisotopic (exact) mass is 539 g/mol. The fourth-order valence-corrected chi connectivity index (χ4v) is 4.98. The number of allylic oxidation sites excluding steroid dienone is 3. The first kappa shape index (κ1) is 25.0. The number of aromatic nitrogens is 4. The molecule has 2 aliphatic rings. The van der Waals surface area contributed by atoms with Crippen molar-refractivity contribution in [2.75, 3.05) is 14.2 Å². The van der Waals surface area contributed by atoms with Gasteiger partial charge in [-0.1, -0.05) is 55.3 Å². The molecule has 3 heterocycles. The second kappa shape index (κ2) is 9.64. The lowest BCUT2D eigenvalue weighted by Crippen LogP contribution is -2.30. The predicted molar refractivity (Wildman–Crippen MR) is 137 cm³/mol. The number of benzene rings is 1. The number of rotatable bonds is 6. The van der Waals surface area contributed by atoms with Crippen LogP contribution in [0.4, 0.5) is 0 Å². The van der Waals surface area contributed by atoms with Crippen LogP contribution >= 0.6 is 23.2 Å². The van der Waals surface area contributed by atoms with Crippen LogP contribution in [0.2, 0.25) is 5.02 Å². The lowest BCUT2D eigenvalue weighted by Gasteiger charge is -2.29. The molecule has 0 fully saturated rings. The van der Waals surface area contributed by atoms with Gasteiger partial charge in [0.05, 0.1) is 37.2 Å². The summed E-state index contributed by atoms with van der Waals surface area (Å²) >= 11 is 12.4. The van der Waals surface area contributed by atoms with Crippen molar-refractivity contribution in [3.63, 3.8) is 0 Å². The number of ether oxygens (including phenoxy) is 2. The van der Waals surface area contributed by atoms with Crippen LogP contribution < -0.4 is 9.47 Å². The van der Waals surface area contributed by atoms with Crippen LogP contribution in [-0.4, -0.2) is 50.6 Å². The number of nitrogens with zero attached hydrogens (tertiary/aromatic N) is 5. The van der Waals surface area contributed by atoms with Gasteiger partial charge in [0.15, 0.2) is 11.5 Å². The molecule has 1 aliphatic heterocycles. The minimum absolute atomic E-state index is 0.0494.